The SMILES string of the molecule is CCN(CCO)CC(=O)Nc1ccc(C(N)=O)cc1. The van der Waals surface area contributed by atoms with Gasteiger partial charge in [-0.05, 0) is 30.8 Å². The van der Waals surface area contributed by atoms with E-state index in [9.17, 15) is 9.59 Å². The molecular formula is C13H19N3O3. The molecule has 6 heteroatoms. The van der Waals surface area contributed by atoms with Crippen LogP contribution in [0.3, 0.4) is 0 Å². The van der Waals surface area contributed by atoms with Gasteiger partial charge in [0.1, 0.15) is 0 Å². The van der Waals surface area contributed by atoms with Gasteiger partial charge in [0, 0.05) is 17.8 Å². The summed E-state index contributed by atoms with van der Waals surface area (Å²) in [5.74, 6) is -0.667. The van der Waals surface area contributed by atoms with Crippen molar-refractivity contribution in [2.75, 3.05) is 31.6 Å². The van der Waals surface area contributed by atoms with E-state index < -0.39 is 5.91 Å². The summed E-state index contributed by atoms with van der Waals surface area (Å²) in [5.41, 5.74) is 6.13. The van der Waals surface area contributed by atoms with Crippen LogP contribution >= 0.6 is 0 Å². The molecule has 1 aromatic carbocycles. The molecule has 0 atom stereocenters. The van der Waals surface area contributed by atoms with Crippen LogP contribution in [0.4, 0.5) is 5.69 Å². The maximum atomic E-state index is 11.7. The Morgan fingerprint density at radius 2 is 1.95 bits per heavy atom. The van der Waals surface area contributed by atoms with E-state index >= 15 is 0 Å². The highest BCUT2D eigenvalue weighted by Gasteiger charge is 2.09. The number of primary amides is 1. The van der Waals surface area contributed by atoms with Gasteiger partial charge in [-0.1, -0.05) is 6.92 Å². The Kier molecular flexibility index (Phi) is 5.98. The third-order valence-corrected chi connectivity index (χ3v) is 2.68. The number of anilines is 1. The number of carbonyl (C=O) groups is 2. The first kappa shape index (κ1) is 15.1. The molecule has 0 unspecified atom stereocenters. The highest BCUT2D eigenvalue weighted by molar-refractivity contribution is 5.95. The number of nitrogens with zero attached hydrogens (tertiary/aromatic N) is 1. The lowest BCUT2D eigenvalue weighted by molar-refractivity contribution is -0.117. The standard InChI is InChI=1S/C13H19N3O3/c1-2-16(7-8-17)9-12(18)15-11-5-3-10(4-6-11)13(14)19/h3-6,17H,2,7-9H2,1H3,(H2,14,19)(H,15,18). The van der Waals surface area contributed by atoms with Crippen LogP contribution in [0.2, 0.25) is 0 Å². The Morgan fingerprint density at radius 1 is 1.32 bits per heavy atom. The summed E-state index contributed by atoms with van der Waals surface area (Å²) in [6, 6.07) is 6.37. The molecule has 4 N–H and O–H groups in total. The summed E-state index contributed by atoms with van der Waals surface area (Å²) in [5, 5.41) is 11.6. The molecule has 0 saturated heterocycles. The predicted molar refractivity (Wildman–Crippen MR) is 72.8 cm³/mol. The number of nitrogens with two attached hydrogens (primary N) is 1. The van der Waals surface area contributed by atoms with Gasteiger partial charge < -0.3 is 16.2 Å². The number of hydrogen-bond donors (Lipinski definition) is 3. The molecule has 0 aliphatic carbocycles. The zero-order valence-corrected chi connectivity index (χ0v) is 10.9. The number of aliphatic hydroxyl groups excluding tert-OH is 1. The molecule has 0 aliphatic heterocycles. The normalized spacial score (nSPS) is 10.5. The first-order valence-electron chi connectivity index (χ1n) is 6.09. The Labute approximate surface area is 112 Å². The van der Waals surface area contributed by atoms with Crippen LogP contribution in [0.25, 0.3) is 0 Å². The molecule has 104 valence electrons. The Hall–Kier alpha value is -1.92. The zero-order chi connectivity index (χ0) is 14.3. The lowest BCUT2D eigenvalue weighted by Gasteiger charge is -2.18. The van der Waals surface area contributed by atoms with Gasteiger partial charge in [-0.25, -0.2) is 0 Å². The number of aliphatic hydroxyl groups is 1. The van der Waals surface area contributed by atoms with Crippen molar-refractivity contribution in [3.8, 4) is 0 Å². The Morgan fingerprint density at radius 3 is 2.42 bits per heavy atom. The van der Waals surface area contributed by atoms with E-state index in [-0.39, 0.29) is 19.1 Å². The summed E-state index contributed by atoms with van der Waals surface area (Å²) in [4.78, 5) is 24.5. The molecular weight excluding hydrogens is 246 g/mol. The fraction of sp³-hybridized carbons (Fsp3) is 0.385. The van der Waals surface area contributed by atoms with Crippen molar-refractivity contribution >= 4 is 17.5 Å². The highest BCUT2D eigenvalue weighted by atomic mass is 16.3. The Balaban J connectivity index is 2.54. The smallest absolute Gasteiger partial charge is 0.248 e. The minimum atomic E-state index is -0.502. The zero-order valence-electron chi connectivity index (χ0n) is 10.9. The minimum absolute atomic E-state index is 0.0223. The van der Waals surface area contributed by atoms with Crippen molar-refractivity contribution in [3.63, 3.8) is 0 Å². The molecule has 0 aromatic heterocycles. The van der Waals surface area contributed by atoms with Crippen LogP contribution in [-0.4, -0.2) is 48.1 Å². The molecule has 0 fully saturated rings. The summed E-state index contributed by atoms with van der Waals surface area (Å²) in [6.07, 6.45) is 0. The monoisotopic (exact) mass is 265 g/mol. The lowest BCUT2D eigenvalue weighted by atomic mass is 10.2. The third-order valence-electron chi connectivity index (χ3n) is 2.68. The van der Waals surface area contributed by atoms with Gasteiger partial charge in [0.05, 0.1) is 13.2 Å². The van der Waals surface area contributed by atoms with E-state index in [2.05, 4.69) is 5.32 Å². The van der Waals surface area contributed by atoms with Crippen molar-refractivity contribution in [2.45, 2.75) is 6.92 Å². The van der Waals surface area contributed by atoms with Crippen LogP contribution in [0.5, 0.6) is 0 Å². The van der Waals surface area contributed by atoms with Crippen LogP contribution in [0.15, 0.2) is 24.3 Å². The highest BCUT2D eigenvalue weighted by Crippen LogP contribution is 2.09. The van der Waals surface area contributed by atoms with Gasteiger partial charge in [-0.15, -0.1) is 0 Å². The van der Waals surface area contributed by atoms with Gasteiger partial charge in [0.15, 0.2) is 0 Å². The molecule has 0 spiro atoms. The van der Waals surface area contributed by atoms with Crippen LogP contribution < -0.4 is 11.1 Å². The van der Waals surface area contributed by atoms with Crippen LogP contribution in [-0.2, 0) is 4.79 Å². The first-order valence-corrected chi connectivity index (χ1v) is 6.09. The third kappa shape index (κ3) is 5.07. The number of likely N-dealkylation sites (N-methyl/N-ethyl adjacent to an activating group) is 1. The molecule has 0 aliphatic rings. The molecule has 0 saturated carbocycles. The fourth-order valence-electron chi connectivity index (χ4n) is 1.61. The largest absolute Gasteiger partial charge is 0.395 e. The molecule has 0 bridgehead atoms. The second kappa shape index (κ2) is 7.50. The van der Waals surface area contributed by atoms with Gasteiger partial charge in [0.25, 0.3) is 0 Å². The topological polar surface area (TPSA) is 95.7 Å². The maximum absolute atomic E-state index is 11.7. The predicted octanol–water partition coefficient (Wildman–Crippen LogP) is 0.0382. The number of hydrogen-bond acceptors (Lipinski definition) is 4. The van der Waals surface area contributed by atoms with Crippen molar-refractivity contribution in [1.82, 2.24) is 4.90 Å². The first-order chi connectivity index (χ1) is 9.06. The average molecular weight is 265 g/mol. The van der Waals surface area contributed by atoms with E-state index in [4.69, 9.17) is 10.8 Å². The minimum Gasteiger partial charge on any atom is -0.395 e. The maximum Gasteiger partial charge on any atom is 0.248 e. The van der Waals surface area contributed by atoms with Crippen molar-refractivity contribution < 1.29 is 14.7 Å². The lowest BCUT2D eigenvalue weighted by Crippen LogP contribution is -2.35. The molecule has 6 nitrogen and oxygen atoms in total. The van der Waals surface area contributed by atoms with E-state index in [0.717, 1.165) is 0 Å². The van der Waals surface area contributed by atoms with Gasteiger partial charge in [-0.3, -0.25) is 14.5 Å². The average Bonchev–Trinajstić information content (AvgIpc) is 2.38. The number of rotatable bonds is 7. The second-order valence-electron chi connectivity index (χ2n) is 4.08. The van der Waals surface area contributed by atoms with E-state index in [1.165, 1.54) is 0 Å². The number of carbonyl (C=O) groups excluding carboxylic acids is 2. The van der Waals surface area contributed by atoms with E-state index in [1.54, 1.807) is 24.3 Å². The van der Waals surface area contributed by atoms with Crippen LogP contribution in [0.1, 0.15) is 17.3 Å². The number of amides is 2. The Bertz CT molecular complexity index is 431. The molecule has 0 radical (unpaired) electrons. The van der Waals surface area contributed by atoms with Gasteiger partial charge in [0.2, 0.25) is 11.8 Å². The summed E-state index contributed by atoms with van der Waals surface area (Å²) >= 11 is 0. The molecule has 2 amide bonds. The quantitative estimate of drug-likeness (QED) is 0.648. The summed E-state index contributed by atoms with van der Waals surface area (Å²) < 4.78 is 0. The second-order valence-corrected chi connectivity index (χ2v) is 4.08. The molecule has 1 rings (SSSR count). The van der Waals surface area contributed by atoms with E-state index in [0.29, 0.717) is 24.3 Å². The van der Waals surface area contributed by atoms with Crippen LogP contribution in [0, 0.1) is 0 Å². The number of nitrogens with one attached hydrogen (secondary N) is 1. The van der Waals surface area contributed by atoms with E-state index in [1.807, 2.05) is 11.8 Å². The fourth-order valence-corrected chi connectivity index (χ4v) is 1.61. The van der Waals surface area contributed by atoms with Gasteiger partial charge >= 0.3 is 0 Å². The molecule has 0 heterocycles. The van der Waals surface area contributed by atoms with Crippen molar-refractivity contribution in [1.29, 1.82) is 0 Å². The van der Waals surface area contributed by atoms with Crippen molar-refractivity contribution in [2.24, 2.45) is 5.73 Å². The van der Waals surface area contributed by atoms with Crippen molar-refractivity contribution in [3.05, 3.63) is 29.8 Å². The molecule has 19 heavy (non-hydrogen) atoms. The summed E-state index contributed by atoms with van der Waals surface area (Å²) in [7, 11) is 0. The molecule has 1 aromatic rings. The number of benzene rings is 1. The summed E-state index contributed by atoms with van der Waals surface area (Å²) in [6.45, 7) is 3.31. The van der Waals surface area contributed by atoms with Gasteiger partial charge in [-0.2, -0.15) is 0 Å².